The Labute approximate surface area is 102 Å². The lowest BCUT2D eigenvalue weighted by atomic mass is 10.2. The van der Waals surface area contributed by atoms with Gasteiger partial charge in [-0.3, -0.25) is 4.79 Å². The van der Waals surface area contributed by atoms with Crippen molar-refractivity contribution in [2.75, 3.05) is 13.2 Å². The molecule has 1 aromatic heterocycles. The van der Waals surface area contributed by atoms with Gasteiger partial charge < -0.3 is 14.6 Å². The van der Waals surface area contributed by atoms with Crippen molar-refractivity contribution < 1.29 is 9.53 Å². The second-order valence-corrected chi connectivity index (χ2v) is 3.87. The van der Waals surface area contributed by atoms with E-state index in [1.54, 1.807) is 6.20 Å². The largest absolute Gasteiger partial charge is 0.465 e. The van der Waals surface area contributed by atoms with Crippen LogP contribution < -0.4 is 5.32 Å². The van der Waals surface area contributed by atoms with Crippen molar-refractivity contribution in [1.29, 1.82) is 0 Å². The Balaban J connectivity index is 2.33. The molecule has 17 heavy (non-hydrogen) atoms. The summed E-state index contributed by atoms with van der Waals surface area (Å²) < 4.78 is 6.96. The molecule has 0 saturated carbocycles. The van der Waals surface area contributed by atoms with Crippen LogP contribution in [0.2, 0.25) is 0 Å². The van der Waals surface area contributed by atoms with Crippen LogP contribution in [-0.2, 0) is 23.0 Å². The van der Waals surface area contributed by atoms with Gasteiger partial charge in [0.05, 0.1) is 6.61 Å². The number of nitrogens with zero attached hydrogens (tertiary/aromatic N) is 2. The Kier molecular flexibility index (Phi) is 5.69. The van der Waals surface area contributed by atoms with Gasteiger partial charge in [0.1, 0.15) is 11.9 Å². The van der Waals surface area contributed by atoms with Gasteiger partial charge in [-0.15, -0.1) is 0 Å². The molecule has 1 heterocycles. The SMILES string of the molecule is CCOC(=O)C(CC)NCCc1nccn1C. The Bertz CT molecular complexity index is 349. The molecule has 96 valence electrons. The highest BCUT2D eigenvalue weighted by molar-refractivity contribution is 5.75. The molecule has 0 aliphatic rings. The fraction of sp³-hybridized carbons (Fsp3) is 0.667. The van der Waals surface area contributed by atoms with Gasteiger partial charge in [-0.2, -0.15) is 0 Å². The predicted molar refractivity (Wildman–Crippen MR) is 65.6 cm³/mol. The molecule has 0 amide bonds. The van der Waals surface area contributed by atoms with Crippen LogP contribution in [0.15, 0.2) is 12.4 Å². The van der Waals surface area contributed by atoms with Crippen molar-refractivity contribution >= 4 is 5.97 Å². The topological polar surface area (TPSA) is 56.1 Å². The van der Waals surface area contributed by atoms with E-state index in [-0.39, 0.29) is 12.0 Å². The van der Waals surface area contributed by atoms with E-state index in [1.165, 1.54) is 0 Å². The lowest BCUT2D eigenvalue weighted by molar-refractivity contribution is -0.145. The van der Waals surface area contributed by atoms with Crippen LogP contribution in [0.4, 0.5) is 0 Å². The number of ether oxygens (including phenoxy) is 1. The third-order valence-electron chi connectivity index (χ3n) is 2.64. The van der Waals surface area contributed by atoms with Crippen molar-refractivity contribution in [2.45, 2.75) is 32.7 Å². The standard InChI is InChI=1S/C12H21N3O2/c1-4-10(12(16)17-5-2)13-7-6-11-14-8-9-15(11)3/h8-10,13H,4-7H2,1-3H3. The van der Waals surface area contributed by atoms with Crippen molar-refractivity contribution in [1.82, 2.24) is 14.9 Å². The molecule has 1 unspecified atom stereocenters. The summed E-state index contributed by atoms with van der Waals surface area (Å²) in [5.74, 6) is 0.839. The Hall–Kier alpha value is -1.36. The van der Waals surface area contributed by atoms with Gasteiger partial charge in [-0.25, -0.2) is 4.98 Å². The first-order valence-electron chi connectivity index (χ1n) is 6.05. The molecule has 0 fully saturated rings. The van der Waals surface area contributed by atoms with Crippen LogP contribution in [-0.4, -0.2) is 34.7 Å². The Morgan fingerprint density at radius 2 is 2.35 bits per heavy atom. The quantitative estimate of drug-likeness (QED) is 0.718. The molecule has 0 spiro atoms. The van der Waals surface area contributed by atoms with Gasteiger partial charge in [0.25, 0.3) is 0 Å². The monoisotopic (exact) mass is 239 g/mol. The van der Waals surface area contributed by atoms with E-state index < -0.39 is 0 Å². The van der Waals surface area contributed by atoms with Crippen LogP contribution in [0.1, 0.15) is 26.1 Å². The second-order valence-electron chi connectivity index (χ2n) is 3.87. The number of esters is 1. The smallest absolute Gasteiger partial charge is 0.323 e. The summed E-state index contributed by atoms with van der Waals surface area (Å²) in [4.78, 5) is 15.8. The summed E-state index contributed by atoms with van der Waals surface area (Å²) in [7, 11) is 1.96. The maximum absolute atomic E-state index is 11.5. The summed E-state index contributed by atoms with van der Waals surface area (Å²) in [5, 5.41) is 3.19. The highest BCUT2D eigenvalue weighted by atomic mass is 16.5. The number of aromatic nitrogens is 2. The number of carbonyl (C=O) groups excluding carboxylic acids is 1. The highest BCUT2D eigenvalue weighted by Crippen LogP contribution is 1.98. The lowest BCUT2D eigenvalue weighted by Crippen LogP contribution is -2.38. The predicted octanol–water partition coefficient (Wildman–Crippen LogP) is 0.894. The number of nitrogens with one attached hydrogen (secondary N) is 1. The molecule has 0 bridgehead atoms. The average molecular weight is 239 g/mol. The molecular formula is C12H21N3O2. The second kappa shape index (κ2) is 7.06. The van der Waals surface area contributed by atoms with Crippen molar-refractivity contribution in [3.8, 4) is 0 Å². The molecular weight excluding hydrogens is 218 g/mol. The van der Waals surface area contributed by atoms with Crippen LogP contribution in [0.3, 0.4) is 0 Å². The van der Waals surface area contributed by atoms with Gasteiger partial charge >= 0.3 is 5.97 Å². The fourth-order valence-corrected chi connectivity index (χ4v) is 1.63. The minimum atomic E-state index is -0.213. The molecule has 1 N–H and O–H groups in total. The van der Waals surface area contributed by atoms with Gasteiger partial charge in [-0.05, 0) is 13.3 Å². The zero-order valence-corrected chi connectivity index (χ0v) is 10.8. The van der Waals surface area contributed by atoms with Crippen LogP contribution >= 0.6 is 0 Å². The average Bonchev–Trinajstić information content (AvgIpc) is 2.71. The number of aryl methyl sites for hydroxylation is 1. The van der Waals surface area contributed by atoms with E-state index in [0.29, 0.717) is 6.61 Å². The zero-order chi connectivity index (χ0) is 12.7. The zero-order valence-electron chi connectivity index (χ0n) is 10.8. The van der Waals surface area contributed by atoms with E-state index in [0.717, 1.165) is 25.2 Å². The van der Waals surface area contributed by atoms with Crippen LogP contribution in [0.5, 0.6) is 0 Å². The lowest BCUT2D eigenvalue weighted by Gasteiger charge is -2.15. The number of rotatable bonds is 7. The molecule has 1 rings (SSSR count). The summed E-state index contributed by atoms with van der Waals surface area (Å²) in [6.07, 6.45) is 5.23. The fourth-order valence-electron chi connectivity index (χ4n) is 1.63. The number of imidazole rings is 1. The summed E-state index contributed by atoms with van der Waals surface area (Å²) in [6.45, 7) is 4.94. The van der Waals surface area contributed by atoms with E-state index >= 15 is 0 Å². The normalized spacial score (nSPS) is 12.4. The molecule has 0 aromatic carbocycles. The van der Waals surface area contributed by atoms with Gasteiger partial charge in [-0.1, -0.05) is 6.92 Å². The first-order valence-corrected chi connectivity index (χ1v) is 6.05. The summed E-state index contributed by atoms with van der Waals surface area (Å²) in [6, 6.07) is -0.213. The molecule has 0 saturated heterocycles. The third-order valence-corrected chi connectivity index (χ3v) is 2.64. The summed E-state index contributed by atoms with van der Waals surface area (Å²) >= 11 is 0. The molecule has 1 atom stereocenters. The molecule has 0 aliphatic heterocycles. The van der Waals surface area contributed by atoms with E-state index in [2.05, 4.69) is 10.3 Å². The van der Waals surface area contributed by atoms with Crippen LogP contribution in [0.25, 0.3) is 0 Å². The Morgan fingerprint density at radius 3 is 2.88 bits per heavy atom. The Morgan fingerprint density at radius 1 is 1.59 bits per heavy atom. The van der Waals surface area contributed by atoms with Gasteiger partial charge in [0.15, 0.2) is 0 Å². The minimum Gasteiger partial charge on any atom is -0.465 e. The van der Waals surface area contributed by atoms with E-state index in [1.807, 2.05) is 31.7 Å². The molecule has 0 radical (unpaired) electrons. The van der Waals surface area contributed by atoms with Gasteiger partial charge in [0.2, 0.25) is 0 Å². The molecule has 5 heteroatoms. The van der Waals surface area contributed by atoms with E-state index in [4.69, 9.17) is 4.74 Å². The number of hydrogen-bond donors (Lipinski definition) is 1. The minimum absolute atomic E-state index is 0.171. The molecule has 1 aromatic rings. The van der Waals surface area contributed by atoms with Crippen LogP contribution in [0, 0.1) is 0 Å². The van der Waals surface area contributed by atoms with E-state index in [9.17, 15) is 4.79 Å². The van der Waals surface area contributed by atoms with Crippen molar-refractivity contribution in [3.63, 3.8) is 0 Å². The first-order chi connectivity index (χ1) is 8.19. The molecule has 0 aliphatic carbocycles. The van der Waals surface area contributed by atoms with Crippen molar-refractivity contribution in [3.05, 3.63) is 18.2 Å². The number of hydrogen-bond acceptors (Lipinski definition) is 4. The summed E-state index contributed by atoms with van der Waals surface area (Å²) in [5.41, 5.74) is 0. The molecule has 5 nitrogen and oxygen atoms in total. The number of carbonyl (C=O) groups is 1. The highest BCUT2D eigenvalue weighted by Gasteiger charge is 2.16. The third kappa shape index (κ3) is 4.19. The van der Waals surface area contributed by atoms with Crippen molar-refractivity contribution in [2.24, 2.45) is 7.05 Å². The maximum atomic E-state index is 11.5. The first kappa shape index (κ1) is 13.7. The van der Waals surface area contributed by atoms with Gasteiger partial charge in [0, 0.05) is 32.4 Å². The maximum Gasteiger partial charge on any atom is 0.323 e.